The minimum atomic E-state index is -0.601. The van der Waals surface area contributed by atoms with Gasteiger partial charge in [-0.1, -0.05) is 19.3 Å². The highest BCUT2D eigenvalue weighted by atomic mass is 16.5. The van der Waals surface area contributed by atoms with E-state index in [1.54, 1.807) is 0 Å². The summed E-state index contributed by atoms with van der Waals surface area (Å²) in [6.07, 6.45) is 6.88. The predicted octanol–water partition coefficient (Wildman–Crippen LogP) is 0.943. The standard InChI is InChI=1S/C12H22N2O2/c13-12(6-2-1-3-7-12)11(15)14-10-4-8-16-9-5-10/h10H,1-9,13H2,(H,14,15). The number of carbonyl (C=O) groups is 1. The highest BCUT2D eigenvalue weighted by Crippen LogP contribution is 2.26. The van der Waals surface area contributed by atoms with Gasteiger partial charge in [-0.3, -0.25) is 4.79 Å². The molecule has 1 saturated heterocycles. The van der Waals surface area contributed by atoms with Crippen molar-refractivity contribution in [2.45, 2.75) is 56.5 Å². The van der Waals surface area contributed by atoms with Crippen molar-refractivity contribution in [3.05, 3.63) is 0 Å². The second-order valence-corrected chi connectivity index (χ2v) is 5.08. The summed E-state index contributed by atoms with van der Waals surface area (Å²) >= 11 is 0. The van der Waals surface area contributed by atoms with Crippen molar-refractivity contribution in [3.8, 4) is 0 Å². The van der Waals surface area contributed by atoms with Crippen LogP contribution in [0, 0.1) is 0 Å². The Balaban J connectivity index is 1.85. The molecule has 2 aliphatic rings. The van der Waals surface area contributed by atoms with Crippen LogP contribution in [0.15, 0.2) is 0 Å². The first-order chi connectivity index (χ1) is 7.71. The summed E-state index contributed by atoms with van der Waals surface area (Å²) in [4.78, 5) is 12.1. The summed E-state index contributed by atoms with van der Waals surface area (Å²) in [5.74, 6) is 0.0547. The molecule has 0 radical (unpaired) electrons. The van der Waals surface area contributed by atoms with E-state index in [-0.39, 0.29) is 11.9 Å². The van der Waals surface area contributed by atoms with Crippen LogP contribution >= 0.6 is 0 Å². The van der Waals surface area contributed by atoms with Crippen LogP contribution in [0.25, 0.3) is 0 Å². The van der Waals surface area contributed by atoms with E-state index < -0.39 is 5.54 Å². The van der Waals surface area contributed by atoms with Crippen molar-refractivity contribution in [3.63, 3.8) is 0 Å². The van der Waals surface area contributed by atoms with E-state index in [0.29, 0.717) is 0 Å². The first kappa shape index (κ1) is 11.9. The first-order valence-electron chi connectivity index (χ1n) is 6.38. The fourth-order valence-corrected chi connectivity index (χ4v) is 2.58. The van der Waals surface area contributed by atoms with Gasteiger partial charge in [0.05, 0.1) is 5.54 Å². The van der Waals surface area contributed by atoms with Crippen molar-refractivity contribution in [1.29, 1.82) is 0 Å². The molecule has 1 aliphatic heterocycles. The number of rotatable bonds is 2. The molecule has 1 saturated carbocycles. The third-order valence-electron chi connectivity index (χ3n) is 3.75. The molecule has 3 N–H and O–H groups in total. The fraction of sp³-hybridized carbons (Fsp3) is 0.917. The second kappa shape index (κ2) is 5.15. The molecule has 1 aliphatic carbocycles. The van der Waals surface area contributed by atoms with Gasteiger partial charge in [-0.2, -0.15) is 0 Å². The topological polar surface area (TPSA) is 64.4 Å². The molecule has 1 amide bonds. The van der Waals surface area contributed by atoms with Gasteiger partial charge in [-0.25, -0.2) is 0 Å². The summed E-state index contributed by atoms with van der Waals surface area (Å²) in [5, 5.41) is 3.09. The van der Waals surface area contributed by atoms with Crippen molar-refractivity contribution < 1.29 is 9.53 Å². The van der Waals surface area contributed by atoms with Crippen molar-refractivity contribution in [2.24, 2.45) is 5.73 Å². The fourth-order valence-electron chi connectivity index (χ4n) is 2.58. The van der Waals surface area contributed by atoms with E-state index in [0.717, 1.165) is 51.7 Å². The molecular weight excluding hydrogens is 204 g/mol. The molecule has 92 valence electrons. The summed E-state index contributed by atoms with van der Waals surface area (Å²) in [6, 6.07) is 0.267. The second-order valence-electron chi connectivity index (χ2n) is 5.08. The van der Waals surface area contributed by atoms with Crippen LogP contribution in [-0.2, 0) is 9.53 Å². The van der Waals surface area contributed by atoms with Crippen LogP contribution in [0.5, 0.6) is 0 Å². The van der Waals surface area contributed by atoms with Crippen molar-refractivity contribution >= 4 is 5.91 Å². The molecule has 4 nitrogen and oxygen atoms in total. The van der Waals surface area contributed by atoms with E-state index in [1.807, 2.05) is 0 Å². The van der Waals surface area contributed by atoms with E-state index in [1.165, 1.54) is 6.42 Å². The number of hydrogen-bond acceptors (Lipinski definition) is 3. The maximum atomic E-state index is 12.1. The Hall–Kier alpha value is -0.610. The highest BCUT2D eigenvalue weighted by molar-refractivity contribution is 5.86. The Labute approximate surface area is 96.9 Å². The Morgan fingerprint density at radius 2 is 1.81 bits per heavy atom. The van der Waals surface area contributed by atoms with Crippen LogP contribution in [0.4, 0.5) is 0 Å². The SMILES string of the molecule is NC1(C(=O)NC2CCOCC2)CCCCC1. The molecule has 0 bridgehead atoms. The number of nitrogens with one attached hydrogen (secondary N) is 1. The lowest BCUT2D eigenvalue weighted by molar-refractivity contribution is -0.128. The van der Waals surface area contributed by atoms with Gasteiger partial charge < -0.3 is 15.8 Å². The van der Waals surface area contributed by atoms with Crippen LogP contribution < -0.4 is 11.1 Å². The molecule has 2 fully saturated rings. The minimum Gasteiger partial charge on any atom is -0.381 e. The molecule has 0 aromatic rings. The van der Waals surface area contributed by atoms with E-state index in [9.17, 15) is 4.79 Å². The zero-order valence-electron chi connectivity index (χ0n) is 9.84. The number of amides is 1. The molecule has 0 unspecified atom stereocenters. The van der Waals surface area contributed by atoms with Crippen molar-refractivity contribution in [2.75, 3.05) is 13.2 Å². The maximum absolute atomic E-state index is 12.1. The van der Waals surface area contributed by atoms with Crippen LogP contribution in [-0.4, -0.2) is 30.7 Å². The van der Waals surface area contributed by atoms with Gasteiger partial charge in [0.15, 0.2) is 0 Å². The van der Waals surface area contributed by atoms with Gasteiger partial charge in [0.1, 0.15) is 0 Å². The highest BCUT2D eigenvalue weighted by Gasteiger charge is 2.36. The molecular formula is C12H22N2O2. The molecule has 1 heterocycles. The van der Waals surface area contributed by atoms with E-state index in [2.05, 4.69) is 5.32 Å². The van der Waals surface area contributed by atoms with Gasteiger partial charge in [0.2, 0.25) is 5.91 Å². The van der Waals surface area contributed by atoms with E-state index >= 15 is 0 Å². The summed E-state index contributed by atoms with van der Waals surface area (Å²) in [6.45, 7) is 1.50. The molecule has 0 spiro atoms. The predicted molar refractivity (Wildman–Crippen MR) is 62.0 cm³/mol. The first-order valence-corrected chi connectivity index (χ1v) is 6.38. The van der Waals surface area contributed by atoms with Crippen LogP contribution in [0.3, 0.4) is 0 Å². The number of carbonyl (C=O) groups excluding carboxylic acids is 1. The quantitative estimate of drug-likeness (QED) is 0.736. The van der Waals surface area contributed by atoms with Gasteiger partial charge in [-0.15, -0.1) is 0 Å². The zero-order chi connectivity index (χ0) is 11.4. The lowest BCUT2D eigenvalue weighted by atomic mass is 9.81. The van der Waals surface area contributed by atoms with Gasteiger partial charge in [0, 0.05) is 19.3 Å². The molecule has 16 heavy (non-hydrogen) atoms. The Morgan fingerprint density at radius 3 is 2.44 bits per heavy atom. The van der Waals surface area contributed by atoms with Gasteiger partial charge in [-0.05, 0) is 25.7 Å². The third-order valence-corrected chi connectivity index (χ3v) is 3.75. The Morgan fingerprint density at radius 1 is 1.19 bits per heavy atom. The maximum Gasteiger partial charge on any atom is 0.240 e. The van der Waals surface area contributed by atoms with Crippen molar-refractivity contribution in [1.82, 2.24) is 5.32 Å². The molecule has 0 aromatic heterocycles. The molecule has 0 aromatic carbocycles. The Bertz CT molecular complexity index is 243. The molecule has 4 heteroatoms. The third kappa shape index (κ3) is 2.74. The smallest absolute Gasteiger partial charge is 0.240 e. The lowest BCUT2D eigenvalue weighted by Crippen LogP contribution is -2.57. The minimum absolute atomic E-state index is 0.0547. The molecule has 2 rings (SSSR count). The number of hydrogen-bond donors (Lipinski definition) is 2. The number of ether oxygens (including phenoxy) is 1. The van der Waals surface area contributed by atoms with E-state index in [4.69, 9.17) is 10.5 Å². The zero-order valence-corrected chi connectivity index (χ0v) is 9.84. The Kier molecular flexibility index (Phi) is 3.82. The molecule has 0 atom stereocenters. The lowest BCUT2D eigenvalue weighted by Gasteiger charge is -2.34. The largest absolute Gasteiger partial charge is 0.381 e. The monoisotopic (exact) mass is 226 g/mol. The van der Waals surface area contributed by atoms with Gasteiger partial charge >= 0.3 is 0 Å². The van der Waals surface area contributed by atoms with Gasteiger partial charge in [0.25, 0.3) is 0 Å². The number of nitrogens with two attached hydrogens (primary N) is 1. The average molecular weight is 226 g/mol. The normalized spacial score (nSPS) is 26.3. The summed E-state index contributed by atoms with van der Waals surface area (Å²) in [7, 11) is 0. The van der Waals surface area contributed by atoms with Crippen LogP contribution in [0.2, 0.25) is 0 Å². The average Bonchev–Trinajstić information content (AvgIpc) is 2.31. The summed E-state index contributed by atoms with van der Waals surface area (Å²) < 4.78 is 5.27. The summed E-state index contributed by atoms with van der Waals surface area (Å²) in [5.41, 5.74) is 5.58. The van der Waals surface area contributed by atoms with Crippen LogP contribution in [0.1, 0.15) is 44.9 Å².